The van der Waals surface area contributed by atoms with Gasteiger partial charge < -0.3 is 14.5 Å². The van der Waals surface area contributed by atoms with Crippen LogP contribution in [0.25, 0.3) is 28.0 Å². The second-order valence-corrected chi connectivity index (χ2v) is 11.5. The number of hydrogen-bond acceptors (Lipinski definition) is 7. The van der Waals surface area contributed by atoms with Crippen LogP contribution in [0.3, 0.4) is 0 Å². The van der Waals surface area contributed by atoms with Crippen molar-refractivity contribution in [2.75, 3.05) is 24.6 Å². The summed E-state index contributed by atoms with van der Waals surface area (Å²) in [5.41, 5.74) is 1.28. The first-order valence-corrected chi connectivity index (χ1v) is 14.5. The van der Waals surface area contributed by atoms with E-state index in [0.717, 1.165) is 5.56 Å². The second-order valence-electron chi connectivity index (χ2n) is 11.5. The van der Waals surface area contributed by atoms with Gasteiger partial charge in [0.1, 0.15) is 23.1 Å². The van der Waals surface area contributed by atoms with Gasteiger partial charge in [0.05, 0.1) is 41.0 Å². The maximum Gasteiger partial charge on any atom is 0.355 e. The smallest absolute Gasteiger partial charge is 0.355 e. The zero-order valence-electron chi connectivity index (χ0n) is 23.9. The number of nitrogens with zero attached hydrogens (tertiary/aromatic N) is 6. The number of anilines is 1. The molecule has 7 rings (SSSR count). The summed E-state index contributed by atoms with van der Waals surface area (Å²) in [5.74, 6) is -1.19. The van der Waals surface area contributed by atoms with Crippen LogP contribution in [-0.4, -0.2) is 62.1 Å². The summed E-state index contributed by atoms with van der Waals surface area (Å²) < 4.78 is 38.8. The number of carbonyl (C=O) groups excluding carboxylic acids is 1. The standard InChI is InChI=1S/C32H30F2N6O3/c1-4-25(41)38-13-11-22-23(38)16-39(22)30-19-15-21(34)28-26-20(33)8-5-9-24(26)43-14-6-7-18-10-12-35-27(17(2)3)29(18)40(31(19)36-28)32(42)37-30/h4-5,8-10,12,15,17,22-23H,1,6-7,11,13-14,16H2,2-3H3/t22-,23-/m1/s1. The van der Waals surface area contributed by atoms with E-state index in [-0.39, 0.29) is 59.0 Å². The van der Waals surface area contributed by atoms with Gasteiger partial charge in [-0.25, -0.2) is 23.1 Å². The molecule has 2 bridgehead atoms. The van der Waals surface area contributed by atoms with E-state index in [0.29, 0.717) is 49.1 Å². The minimum Gasteiger partial charge on any atom is -0.493 e. The van der Waals surface area contributed by atoms with E-state index in [2.05, 4.69) is 16.5 Å². The van der Waals surface area contributed by atoms with Gasteiger partial charge in [-0.05, 0) is 61.1 Å². The third-order valence-electron chi connectivity index (χ3n) is 8.69. The van der Waals surface area contributed by atoms with E-state index in [4.69, 9.17) is 9.72 Å². The van der Waals surface area contributed by atoms with Crippen LogP contribution in [0.2, 0.25) is 0 Å². The number of carbonyl (C=O) groups is 1. The lowest BCUT2D eigenvalue weighted by Crippen LogP contribution is -2.63. The molecule has 1 amide bonds. The number of fused-ring (bicyclic) bond motifs is 6. The Balaban J connectivity index is 1.52. The fraction of sp³-hybridized carbons (Fsp3) is 0.344. The van der Waals surface area contributed by atoms with Gasteiger partial charge in [0, 0.05) is 19.3 Å². The molecule has 0 radical (unpaired) electrons. The number of ether oxygens (including phenoxy) is 1. The van der Waals surface area contributed by atoms with Crippen LogP contribution in [0.1, 0.15) is 43.9 Å². The highest BCUT2D eigenvalue weighted by Gasteiger charge is 2.49. The van der Waals surface area contributed by atoms with Crippen molar-refractivity contribution in [2.45, 2.75) is 51.1 Å². The lowest BCUT2D eigenvalue weighted by molar-refractivity contribution is -0.127. The summed E-state index contributed by atoms with van der Waals surface area (Å²) >= 11 is 0. The van der Waals surface area contributed by atoms with Crippen LogP contribution < -0.4 is 15.3 Å². The number of likely N-dealkylation sites (tertiary alicyclic amines) is 1. The zero-order valence-corrected chi connectivity index (χ0v) is 23.9. The van der Waals surface area contributed by atoms with Crippen LogP contribution in [0.5, 0.6) is 5.75 Å². The summed E-state index contributed by atoms with van der Waals surface area (Å²) in [4.78, 5) is 44.0. The highest BCUT2D eigenvalue weighted by Crippen LogP contribution is 2.41. The highest BCUT2D eigenvalue weighted by atomic mass is 19.1. The Hall–Kier alpha value is -4.67. The minimum absolute atomic E-state index is 0.0539. The molecule has 2 fully saturated rings. The van der Waals surface area contributed by atoms with Crippen molar-refractivity contribution in [1.29, 1.82) is 0 Å². The second kappa shape index (κ2) is 10.3. The molecule has 4 aromatic rings. The SMILES string of the molecule is C=CC(=O)N1CC[C@@H]2[C@H]1CN2c1nc(=O)n2c3nc(c(F)cc13)-c1c(F)cccc1OCCCc1ccnc(C(C)C)c1-2. The molecule has 9 nitrogen and oxygen atoms in total. The molecule has 2 atom stereocenters. The average molecular weight is 585 g/mol. The molecule has 1 aromatic carbocycles. The molecule has 2 saturated heterocycles. The molecule has 43 heavy (non-hydrogen) atoms. The molecule has 0 spiro atoms. The number of halogens is 2. The van der Waals surface area contributed by atoms with E-state index in [9.17, 15) is 9.59 Å². The first kappa shape index (κ1) is 27.2. The molecule has 3 aliphatic heterocycles. The molecule has 3 aromatic heterocycles. The van der Waals surface area contributed by atoms with Crippen molar-refractivity contribution < 1.29 is 18.3 Å². The van der Waals surface area contributed by atoms with E-state index in [1.165, 1.54) is 28.8 Å². The number of aromatic nitrogens is 4. The Labute approximate surface area is 246 Å². The number of pyridine rings is 2. The first-order valence-electron chi connectivity index (χ1n) is 14.5. The highest BCUT2D eigenvalue weighted by molar-refractivity contribution is 5.92. The molecule has 11 heteroatoms. The predicted octanol–water partition coefficient (Wildman–Crippen LogP) is 4.54. The monoisotopic (exact) mass is 584 g/mol. The van der Waals surface area contributed by atoms with Crippen molar-refractivity contribution in [3.05, 3.63) is 82.6 Å². The summed E-state index contributed by atoms with van der Waals surface area (Å²) in [6, 6.07) is 7.32. The third-order valence-corrected chi connectivity index (χ3v) is 8.69. The van der Waals surface area contributed by atoms with Crippen molar-refractivity contribution in [1.82, 2.24) is 24.4 Å². The van der Waals surface area contributed by atoms with Gasteiger partial charge in [0.2, 0.25) is 5.91 Å². The van der Waals surface area contributed by atoms with Gasteiger partial charge in [-0.1, -0.05) is 26.5 Å². The van der Waals surface area contributed by atoms with Gasteiger partial charge >= 0.3 is 5.69 Å². The number of rotatable bonds is 3. The van der Waals surface area contributed by atoms with Gasteiger partial charge in [0.15, 0.2) is 11.5 Å². The van der Waals surface area contributed by atoms with Gasteiger partial charge in [0.25, 0.3) is 0 Å². The van der Waals surface area contributed by atoms with Crippen molar-refractivity contribution in [2.24, 2.45) is 0 Å². The first-order chi connectivity index (χ1) is 20.8. The molecule has 0 aliphatic carbocycles. The molecule has 0 N–H and O–H groups in total. The molecular formula is C32H30F2N6O3. The number of aryl methyl sites for hydroxylation is 1. The van der Waals surface area contributed by atoms with Crippen LogP contribution in [0.4, 0.5) is 14.6 Å². The molecule has 6 heterocycles. The minimum atomic E-state index is -0.768. The Morgan fingerprint density at radius 2 is 2.00 bits per heavy atom. The fourth-order valence-corrected chi connectivity index (χ4v) is 6.65. The van der Waals surface area contributed by atoms with E-state index in [1.54, 1.807) is 17.2 Å². The molecule has 3 aliphatic rings. The van der Waals surface area contributed by atoms with Crippen molar-refractivity contribution in [3.8, 4) is 22.7 Å². The lowest BCUT2D eigenvalue weighted by Gasteiger charge is -2.47. The Bertz CT molecular complexity index is 1870. The summed E-state index contributed by atoms with van der Waals surface area (Å²) in [5, 5.41) is 0.313. The Morgan fingerprint density at radius 1 is 1.16 bits per heavy atom. The number of benzene rings is 1. The third kappa shape index (κ3) is 4.20. The molecular weight excluding hydrogens is 554 g/mol. The van der Waals surface area contributed by atoms with Crippen LogP contribution >= 0.6 is 0 Å². The summed E-state index contributed by atoms with van der Waals surface area (Å²) in [7, 11) is 0. The summed E-state index contributed by atoms with van der Waals surface area (Å²) in [6.45, 7) is 8.80. The quantitative estimate of drug-likeness (QED) is 0.327. The number of hydrogen-bond donors (Lipinski definition) is 0. The topological polar surface area (TPSA) is 93.5 Å². The largest absolute Gasteiger partial charge is 0.493 e. The zero-order chi connectivity index (χ0) is 30.0. The maximum atomic E-state index is 16.1. The molecule has 0 unspecified atom stereocenters. The van der Waals surface area contributed by atoms with Crippen molar-refractivity contribution in [3.63, 3.8) is 0 Å². The van der Waals surface area contributed by atoms with Crippen molar-refractivity contribution >= 4 is 22.8 Å². The molecule has 0 saturated carbocycles. The maximum absolute atomic E-state index is 16.1. The van der Waals surface area contributed by atoms with Crippen LogP contribution in [0, 0.1) is 11.6 Å². The normalized spacial score (nSPS) is 19.2. The number of amides is 1. The predicted molar refractivity (Wildman–Crippen MR) is 158 cm³/mol. The fourth-order valence-electron chi connectivity index (χ4n) is 6.65. The summed E-state index contributed by atoms with van der Waals surface area (Å²) in [6.07, 6.45) is 4.80. The lowest BCUT2D eigenvalue weighted by atomic mass is 9.96. The Kier molecular flexibility index (Phi) is 6.48. The average Bonchev–Trinajstić information content (AvgIpc) is 3.30. The molecule has 220 valence electrons. The van der Waals surface area contributed by atoms with Crippen LogP contribution in [-0.2, 0) is 11.2 Å². The van der Waals surface area contributed by atoms with Gasteiger partial charge in [-0.2, -0.15) is 4.98 Å². The van der Waals surface area contributed by atoms with Gasteiger partial charge in [-0.3, -0.25) is 9.78 Å². The van der Waals surface area contributed by atoms with E-state index < -0.39 is 17.3 Å². The van der Waals surface area contributed by atoms with E-state index in [1.807, 2.05) is 24.8 Å². The van der Waals surface area contributed by atoms with Gasteiger partial charge in [-0.15, -0.1) is 0 Å². The Morgan fingerprint density at radius 3 is 2.79 bits per heavy atom. The van der Waals surface area contributed by atoms with E-state index >= 15 is 8.78 Å². The van der Waals surface area contributed by atoms with Crippen LogP contribution in [0.15, 0.2) is 54.0 Å².